The molecule has 1 aromatic heterocycles. The first-order valence-corrected chi connectivity index (χ1v) is 5.06. The van der Waals surface area contributed by atoms with Gasteiger partial charge in [-0.3, -0.25) is 4.90 Å². The van der Waals surface area contributed by atoms with E-state index in [2.05, 4.69) is 20.9 Å². The summed E-state index contributed by atoms with van der Waals surface area (Å²) in [6.45, 7) is 5.10. The summed E-state index contributed by atoms with van der Waals surface area (Å²) < 4.78 is 10.6. The molecule has 1 saturated heterocycles. The standard InChI is InChI=1S/C10H14N3O2/c1-2-11-10(12-3-1)15-9-6-13-4-7-14-8-5-13/h2-3H,4-9H2. The maximum Gasteiger partial charge on any atom is 0.316 e. The predicted octanol–water partition coefficient (Wildman–Crippen LogP) is -0.0122. The van der Waals surface area contributed by atoms with Gasteiger partial charge in [0.1, 0.15) is 6.61 Å². The van der Waals surface area contributed by atoms with Gasteiger partial charge in [0.2, 0.25) is 0 Å². The fourth-order valence-electron chi connectivity index (χ4n) is 1.42. The number of hydrogen-bond acceptors (Lipinski definition) is 5. The SMILES string of the molecule is [c]1cnc(OCCN2CCOCC2)nc1. The molecule has 1 fully saturated rings. The molecule has 1 aliphatic rings. The highest BCUT2D eigenvalue weighted by molar-refractivity contribution is 4.91. The van der Waals surface area contributed by atoms with E-state index in [9.17, 15) is 0 Å². The topological polar surface area (TPSA) is 47.5 Å². The second-order valence-electron chi connectivity index (χ2n) is 3.27. The van der Waals surface area contributed by atoms with Crippen LogP contribution in [0, 0.1) is 6.07 Å². The van der Waals surface area contributed by atoms with Crippen molar-refractivity contribution in [3.8, 4) is 6.01 Å². The normalized spacial score (nSPS) is 17.6. The molecule has 1 radical (unpaired) electrons. The molecule has 2 heterocycles. The first kappa shape index (κ1) is 10.3. The molecule has 0 aliphatic carbocycles. The lowest BCUT2D eigenvalue weighted by molar-refractivity contribution is 0.0317. The van der Waals surface area contributed by atoms with Crippen LogP contribution in [0.15, 0.2) is 12.4 Å². The van der Waals surface area contributed by atoms with Crippen molar-refractivity contribution in [2.24, 2.45) is 0 Å². The third-order valence-corrected chi connectivity index (χ3v) is 2.24. The summed E-state index contributed by atoms with van der Waals surface area (Å²) in [6.07, 6.45) is 3.11. The van der Waals surface area contributed by atoms with E-state index in [1.807, 2.05) is 0 Å². The summed E-state index contributed by atoms with van der Waals surface area (Å²) >= 11 is 0. The molecule has 0 saturated carbocycles. The third-order valence-electron chi connectivity index (χ3n) is 2.24. The summed E-state index contributed by atoms with van der Waals surface area (Å²) in [7, 11) is 0. The molecule has 0 unspecified atom stereocenters. The molecule has 0 N–H and O–H groups in total. The van der Waals surface area contributed by atoms with Crippen molar-refractivity contribution in [2.75, 3.05) is 39.5 Å². The maximum absolute atomic E-state index is 5.38. The molecule has 0 atom stereocenters. The Morgan fingerprint density at radius 1 is 1.33 bits per heavy atom. The summed E-state index contributed by atoms with van der Waals surface area (Å²) in [5.41, 5.74) is 0. The summed E-state index contributed by atoms with van der Waals surface area (Å²) in [5, 5.41) is 0. The Labute approximate surface area is 89.0 Å². The van der Waals surface area contributed by atoms with E-state index in [0.29, 0.717) is 12.6 Å². The molecule has 1 aliphatic heterocycles. The van der Waals surface area contributed by atoms with Crippen LogP contribution in [-0.2, 0) is 4.74 Å². The molecular weight excluding hydrogens is 194 g/mol. The minimum Gasteiger partial charge on any atom is -0.462 e. The van der Waals surface area contributed by atoms with Gasteiger partial charge in [0, 0.05) is 38.1 Å². The zero-order valence-corrected chi connectivity index (χ0v) is 8.56. The second kappa shape index (κ2) is 5.63. The summed E-state index contributed by atoms with van der Waals surface area (Å²) in [6, 6.07) is 3.16. The van der Waals surface area contributed by atoms with Crippen LogP contribution in [0.1, 0.15) is 0 Å². The Kier molecular flexibility index (Phi) is 3.87. The first-order valence-electron chi connectivity index (χ1n) is 5.06. The molecule has 0 spiro atoms. The molecule has 1 aromatic rings. The highest BCUT2D eigenvalue weighted by Gasteiger charge is 2.09. The Balaban J connectivity index is 1.66. The van der Waals surface area contributed by atoms with Crippen LogP contribution in [0.2, 0.25) is 0 Å². The monoisotopic (exact) mass is 208 g/mol. The highest BCUT2D eigenvalue weighted by atomic mass is 16.5. The minimum absolute atomic E-state index is 0.419. The summed E-state index contributed by atoms with van der Waals surface area (Å²) in [4.78, 5) is 10.2. The Morgan fingerprint density at radius 3 is 2.80 bits per heavy atom. The molecule has 0 aromatic carbocycles. The molecule has 0 amide bonds. The molecule has 15 heavy (non-hydrogen) atoms. The van der Waals surface area contributed by atoms with Gasteiger partial charge in [0.15, 0.2) is 0 Å². The van der Waals surface area contributed by atoms with Crippen molar-refractivity contribution in [3.63, 3.8) is 0 Å². The van der Waals surface area contributed by atoms with Crippen molar-refractivity contribution < 1.29 is 9.47 Å². The van der Waals surface area contributed by atoms with E-state index >= 15 is 0 Å². The fourth-order valence-corrected chi connectivity index (χ4v) is 1.42. The van der Waals surface area contributed by atoms with Crippen molar-refractivity contribution in [2.45, 2.75) is 0 Å². The van der Waals surface area contributed by atoms with Gasteiger partial charge >= 0.3 is 6.01 Å². The minimum atomic E-state index is 0.419. The van der Waals surface area contributed by atoms with Crippen LogP contribution in [0.4, 0.5) is 0 Å². The molecule has 2 rings (SSSR count). The average Bonchev–Trinajstić information content (AvgIpc) is 2.32. The zero-order chi connectivity index (χ0) is 10.3. The largest absolute Gasteiger partial charge is 0.462 e. The van der Waals surface area contributed by atoms with Gasteiger partial charge in [0.05, 0.1) is 13.2 Å². The highest BCUT2D eigenvalue weighted by Crippen LogP contribution is 1.99. The predicted molar refractivity (Wildman–Crippen MR) is 53.6 cm³/mol. The van der Waals surface area contributed by atoms with Gasteiger partial charge in [-0.2, -0.15) is 0 Å². The lowest BCUT2D eigenvalue weighted by atomic mass is 10.4. The van der Waals surface area contributed by atoms with Gasteiger partial charge in [-0.05, 0) is 0 Å². The van der Waals surface area contributed by atoms with E-state index in [1.54, 1.807) is 12.4 Å². The number of hydrogen-bond donors (Lipinski definition) is 0. The van der Waals surface area contributed by atoms with Crippen LogP contribution in [0.5, 0.6) is 6.01 Å². The van der Waals surface area contributed by atoms with Gasteiger partial charge in [-0.15, -0.1) is 0 Å². The van der Waals surface area contributed by atoms with Gasteiger partial charge < -0.3 is 9.47 Å². The van der Waals surface area contributed by atoms with E-state index < -0.39 is 0 Å². The first-order chi connectivity index (χ1) is 7.45. The number of nitrogens with zero attached hydrogens (tertiary/aromatic N) is 3. The number of aromatic nitrogens is 2. The lowest BCUT2D eigenvalue weighted by Crippen LogP contribution is -2.38. The van der Waals surface area contributed by atoms with E-state index in [1.165, 1.54) is 0 Å². The van der Waals surface area contributed by atoms with Crippen molar-refractivity contribution in [1.29, 1.82) is 0 Å². The Bertz CT molecular complexity index is 275. The summed E-state index contributed by atoms with van der Waals surface area (Å²) in [5.74, 6) is 0. The van der Waals surface area contributed by atoms with Crippen LogP contribution >= 0.6 is 0 Å². The molecule has 81 valence electrons. The van der Waals surface area contributed by atoms with Crippen LogP contribution in [-0.4, -0.2) is 54.3 Å². The number of rotatable bonds is 4. The average molecular weight is 208 g/mol. The Hall–Kier alpha value is -1.20. The fraction of sp³-hybridized carbons (Fsp3) is 0.600. The van der Waals surface area contributed by atoms with Crippen LogP contribution in [0.3, 0.4) is 0 Å². The molecule has 0 bridgehead atoms. The smallest absolute Gasteiger partial charge is 0.316 e. The van der Waals surface area contributed by atoms with Crippen molar-refractivity contribution in [1.82, 2.24) is 14.9 Å². The van der Waals surface area contributed by atoms with Gasteiger partial charge in [0.25, 0.3) is 0 Å². The quantitative estimate of drug-likeness (QED) is 0.696. The molecular formula is C10H14N3O2. The number of ether oxygens (including phenoxy) is 2. The van der Waals surface area contributed by atoms with Crippen molar-refractivity contribution in [3.05, 3.63) is 18.5 Å². The third kappa shape index (κ3) is 3.45. The zero-order valence-electron chi connectivity index (χ0n) is 8.56. The van der Waals surface area contributed by atoms with E-state index in [4.69, 9.17) is 9.47 Å². The van der Waals surface area contributed by atoms with Crippen LogP contribution in [0.25, 0.3) is 0 Å². The van der Waals surface area contributed by atoms with Crippen LogP contribution < -0.4 is 4.74 Å². The molecule has 5 heteroatoms. The van der Waals surface area contributed by atoms with E-state index in [-0.39, 0.29) is 0 Å². The van der Waals surface area contributed by atoms with Crippen molar-refractivity contribution >= 4 is 0 Å². The lowest BCUT2D eigenvalue weighted by Gasteiger charge is -2.26. The second-order valence-corrected chi connectivity index (χ2v) is 3.27. The van der Waals surface area contributed by atoms with E-state index in [0.717, 1.165) is 32.8 Å². The maximum atomic E-state index is 5.38. The van der Waals surface area contributed by atoms with Gasteiger partial charge in [-0.1, -0.05) is 0 Å². The molecule has 5 nitrogen and oxygen atoms in total. The Morgan fingerprint density at radius 2 is 2.07 bits per heavy atom. The van der Waals surface area contributed by atoms with Gasteiger partial charge in [-0.25, -0.2) is 9.97 Å². The number of morpholine rings is 1.